The van der Waals surface area contributed by atoms with E-state index in [2.05, 4.69) is 58.1 Å². The monoisotopic (exact) mass is 367 g/mol. The first kappa shape index (κ1) is 16.4. The van der Waals surface area contributed by atoms with Gasteiger partial charge < -0.3 is 0 Å². The molecule has 0 aliphatic heterocycles. The molecular weight excluding hydrogens is 355 g/mol. The Morgan fingerprint density at radius 2 is 1.25 bits per heavy atom. The smallest absolute Gasteiger partial charge is 0.0563 e. The minimum Gasteiger partial charge on any atom is -0.232 e. The highest BCUT2D eigenvalue weighted by molar-refractivity contribution is 9.07. The molecule has 0 aliphatic rings. The molecule has 0 saturated heterocycles. The van der Waals surface area contributed by atoms with E-state index in [0.29, 0.717) is 0 Å². The topological polar surface area (TPSA) is 12.4 Å². The van der Waals surface area contributed by atoms with Crippen LogP contribution in [0, 0.1) is 0 Å². The molecule has 0 aromatic carbocycles. The Labute approximate surface area is 94.3 Å². The van der Waals surface area contributed by atoms with Crippen molar-refractivity contribution in [3.05, 3.63) is 0 Å². The van der Waals surface area contributed by atoms with Crippen LogP contribution in [-0.2, 0) is 0 Å². The molecule has 0 radical (unpaired) electrons. The van der Waals surface area contributed by atoms with Gasteiger partial charge >= 0.3 is 0 Å². The van der Waals surface area contributed by atoms with Crippen molar-refractivity contribution in [2.45, 2.75) is 0 Å². The van der Waals surface area contributed by atoms with E-state index < -0.39 is 0 Å². The summed E-state index contributed by atoms with van der Waals surface area (Å²) >= 11 is 0. The Balaban J connectivity index is 4.14. The average molecular weight is 367 g/mol. The van der Waals surface area contributed by atoms with Crippen LogP contribution in [0.3, 0.4) is 0 Å². The summed E-state index contributed by atoms with van der Waals surface area (Å²) in [4.78, 5) is 0. The molecule has 0 spiro atoms. The second-order valence-electron chi connectivity index (χ2n) is 1.59. The molecular formula is H12NP11. The fourth-order valence-corrected chi connectivity index (χ4v) is 43.1. The van der Waals surface area contributed by atoms with Gasteiger partial charge in [0.2, 0.25) is 0 Å². The molecule has 6 unspecified atom stereocenters. The zero-order valence-electron chi connectivity index (χ0n) is 6.15. The molecule has 0 rings (SSSR count). The molecule has 12 heteroatoms. The van der Waals surface area contributed by atoms with Gasteiger partial charge in [-0.3, -0.25) is 0 Å². The number of hydrogen-bond donors (Lipinski definition) is 0. The minimum atomic E-state index is -0.237. The Hall–Kier alpha value is 4.40. The third-order valence-corrected chi connectivity index (χ3v) is 39.5. The van der Waals surface area contributed by atoms with Crippen LogP contribution in [0.15, 0.2) is 4.52 Å². The van der Waals surface area contributed by atoms with Crippen molar-refractivity contribution in [3.63, 3.8) is 0 Å². The van der Waals surface area contributed by atoms with Crippen molar-refractivity contribution < 1.29 is 0 Å². The Morgan fingerprint density at radius 3 is 1.50 bits per heavy atom. The summed E-state index contributed by atoms with van der Waals surface area (Å²) in [5.41, 5.74) is 0. The SMILES string of the molecule is PP(P)N=PP(P(P)P)P(P)P. The Morgan fingerprint density at radius 1 is 0.833 bits per heavy atom. The second-order valence-corrected chi connectivity index (χ2v) is 35.5. The summed E-state index contributed by atoms with van der Waals surface area (Å²) < 4.78 is 4.54. The van der Waals surface area contributed by atoms with Crippen molar-refractivity contribution in [3.8, 4) is 0 Å². The molecule has 0 amide bonds. The first-order valence-corrected chi connectivity index (χ1v) is 20.5. The van der Waals surface area contributed by atoms with E-state index in [4.69, 9.17) is 0 Å². The van der Waals surface area contributed by atoms with Gasteiger partial charge in [-0.05, 0) is 14.0 Å². The highest BCUT2D eigenvalue weighted by Crippen LogP contribution is 3.02. The summed E-state index contributed by atoms with van der Waals surface area (Å²) in [5.74, 6) is 0. The van der Waals surface area contributed by atoms with Crippen molar-refractivity contribution >= 4 is 90.0 Å². The van der Waals surface area contributed by atoms with Gasteiger partial charge in [-0.2, -0.15) is 0 Å². The molecule has 72 valence electrons. The van der Waals surface area contributed by atoms with Crippen LogP contribution in [0.25, 0.3) is 0 Å². The van der Waals surface area contributed by atoms with Gasteiger partial charge in [0.05, 0.1) is 7.45 Å². The van der Waals surface area contributed by atoms with Crippen LogP contribution < -0.4 is 0 Å². The Bertz CT molecular complexity index is 126. The summed E-state index contributed by atoms with van der Waals surface area (Å²) in [6, 6.07) is 0. The fraction of sp³-hybridized carbons (Fsp3) is 0. The van der Waals surface area contributed by atoms with Crippen molar-refractivity contribution in [2.24, 2.45) is 4.52 Å². The zero-order valence-corrected chi connectivity index (χ0v) is 17.5. The number of nitrogens with zero attached hydrogens (tertiary/aromatic N) is 1. The maximum Gasteiger partial charge on any atom is 0.0563 e. The van der Waals surface area contributed by atoms with Crippen LogP contribution in [0.4, 0.5) is 0 Å². The van der Waals surface area contributed by atoms with Gasteiger partial charge in [-0.15, -0.1) is 35.7 Å². The van der Waals surface area contributed by atoms with E-state index in [-0.39, 0.29) is 28.4 Å². The van der Waals surface area contributed by atoms with Gasteiger partial charge in [0.1, 0.15) is 0 Å². The van der Waals surface area contributed by atoms with Crippen molar-refractivity contribution in [2.75, 3.05) is 0 Å². The lowest BCUT2D eigenvalue weighted by Crippen LogP contribution is -1.34. The maximum absolute atomic E-state index is 4.54. The molecule has 1 nitrogen and oxygen atoms in total. The van der Waals surface area contributed by atoms with E-state index >= 15 is 0 Å². The minimum absolute atomic E-state index is 0.0370. The molecule has 0 heterocycles. The first-order chi connectivity index (χ1) is 5.45. The highest BCUT2D eigenvalue weighted by atomic mass is 33.1. The molecule has 0 aromatic rings. The summed E-state index contributed by atoms with van der Waals surface area (Å²) in [7, 11) is 18.2. The largest absolute Gasteiger partial charge is 0.232 e. The predicted octanol–water partition coefficient (Wildman–Crippen LogP) is 6.44. The molecule has 0 fully saturated rings. The second kappa shape index (κ2) is 9.43. The Kier molecular flexibility index (Phi) is 12.9. The molecule has 6 atom stereocenters. The summed E-state index contributed by atoms with van der Waals surface area (Å²) in [6.45, 7) is 0.139. The summed E-state index contributed by atoms with van der Waals surface area (Å²) in [6.07, 6.45) is 0. The third kappa shape index (κ3) is 8.54. The van der Waals surface area contributed by atoms with Gasteiger partial charge in [0, 0.05) is 15.0 Å². The standard InChI is InChI=1S/H12NP11/c2-9(3)1-8-12(10(4)5)11(6)7/h2-7H2. The lowest BCUT2D eigenvalue weighted by Gasteiger charge is -2.19. The molecule has 0 N–H and O–H groups in total. The molecule has 0 bridgehead atoms. The lowest BCUT2D eigenvalue weighted by molar-refractivity contribution is 2.09. The maximum atomic E-state index is 4.54. The van der Waals surface area contributed by atoms with E-state index in [9.17, 15) is 0 Å². The van der Waals surface area contributed by atoms with Gasteiger partial charge in [0.25, 0.3) is 0 Å². The predicted molar refractivity (Wildman–Crippen MR) is 95.3 cm³/mol. The zero-order chi connectivity index (χ0) is 9.72. The van der Waals surface area contributed by atoms with Gasteiger partial charge in [0.15, 0.2) is 0 Å². The van der Waals surface area contributed by atoms with Gasteiger partial charge in [-0.1, -0.05) is 17.9 Å². The van der Waals surface area contributed by atoms with E-state index in [1.807, 2.05) is 0 Å². The highest BCUT2D eigenvalue weighted by Gasteiger charge is 2.15. The van der Waals surface area contributed by atoms with Crippen LogP contribution in [0.2, 0.25) is 0 Å². The van der Waals surface area contributed by atoms with Crippen LogP contribution in [0.1, 0.15) is 0 Å². The van der Waals surface area contributed by atoms with Gasteiger partial charge in [-0.25, -0.2) is 4.52 Å². The quantitative estimate of drug-likeness (QED) is 0.507. The molecule has 0 saturated carbocycles. The molecule has 0 aromatic heterocycles. The number of rotatable bonds is 4. The average Bonchev–Trinajstić information content (AvgIpc) is 1.84. The van der Waals surface area contributed by atoms with E-state index in [0.717, 1.165) is 0 Å². The van der Waals surface area contributed by atoms with E-state index in [1.54, 1.807) is 0 Å². The third-order valence-electron chi connectivity index (χ3n) is 0.636. The lowest BCUT2D eigenvalue weighted by atomic mass is 13.9. The van der Waals surface area contributed by atoms with Crippen molar-refractivity contribution in [1.29, 1.82) is 0 Å². The summed E-state index contributed by atoms with van der Waals surface area (Å²) in [5, 5.41) is 0. The normalized spacial score (nSPS) is 13.2. The fourth-order valence-electron chi connectivity index (χ4n) is 0.294. The van der Waals surface area contributed by atoms with Crippen molar-refractivity contribution in [1.82, 2.24) is 0 Å². The first-order valence-electron chi connectivity index (χ1n) is 2.55. The number of hydrogen-bond acceptors (Lipinski definition) is 1. The van der Waals surface area contributed by atoms with Crippen LogP contribution in [-0.4, -0.2) is 0 Å². The molecule has 12 heavy (non-hydrogen) atoms. The van der Waals surface area contributed by atoms with Crippen LogP contribution >= 0.6 is 90.0 Å². The van der Waals surface area contributed by atoms with E-state index in [1.165, 1.54) is 8.06 Å². The van der Waals surface area contributed by atoms with Crippen LogP contribution in [0.5, 0.6) is 0 Å². The molecule has 0 aliphatic carbocycles.